The van der Waals surface area contributed by atoms with Gasteiger partial charge in [-0.3, -0.25) is 4.68 Å². The van der Waals surface area contributed by atoms with Gasteiger partial charge in [-0.05, 0) is 12.0 Å². The van der Waals surface area contributed by atoms with Gasteiger partial charge >= 0.3 is 0 Å². The van der Waals surface area contributed by atoms with Gasteiger partial charge in [-0.1, -0.05) is 37.3 Å². The molecule has 118 valence electrons. The number of hydrogen-bond acceptors (Lipinski definition) is 2. The lowest BCUT2D eigenvalue weighted by Crippen LogP contribution is -2.36. The number of hydrogen-bond donors (Lipinski definition) is 1. The molecule has 0 saturated heterocycles. The molecule has 0 aliphatic rings. The quantitative estimate of drug-likeness (QED) is 0.680. The second kappa shape index (κ2) is 7.64. The van der Waals surface area contributed by atoms with E-state index in [4.69, 9.17) is 0 Å². The van der Waals surface area contributed by atoms with Crippen molar-refractivity contribution in [3.8, 4) is 0 Å². The van der Waals surface area contributed by atoms with E-state index in [1.54, 1.807) is 0 Å². The molecule has 5 nitrogen and oxygen atoms in total. The van der Waals surface area contributed by atoms with Crippen LogP contribution in [-0.4, -0.2) is 34.7 Å². The zero-order chi connectivity index (χ0) is 15.9. The molecule has 1 aromatic carbocycles. The first-order valence-electron chi connectivity index (χ1n) is 7.61. The van der Waals surface area contributed by atoms with Crippen LogP contribution in [0.4, 0.5) is 0 Å². The standard InChI is InChI=1S/C17H25N5/c1-5-16-15(13-22(4)20-16)12-19-17(21(2)3)18-11-14-9-7-6-8-10-14/h6-10,13H,5,11-12H2,1-4H3,(H,18,19). The van der Waals surface area contributed by atoms with Crippen molar-refractivity contribution in [1.82, 2.24) is 20.0 Å². The summed E-state index contributed by atoms with van der Waals surface area (Å²) in [5.41, 5.74) is 3.56. The van der Waals surface area contributed by atoms with Gasteiger partial charge in [-0.25, -0.2) is 4.99 Å². The first kappa shape index (κ1) is 16.1. The second-order valence-corrected chi connectivity index (χ2v) is 5.50. The summed E-state index contributed by atoms with van der Waals surface area (Å²) in [5.74, 6) is 0.884. The predicted octanol–water partition coefficient (Wildman–Crippen LogP) is 2.19. The third-order valence-corrected chi connectivity index (χ3v) is 3.44. The highest BCUT2D eigenvalue weighted by atomic mass is 15.3. The van der Waals surface area contributed by atoms with Crippen LogP contribution in [0, 0.1) is 0 Å². The number of aromatic nitrogens is 2. The molecule has 0 aliphatic carbocycles. The Morgan fingerprint density at radius 3 is 2.64 bits per heavy atom. The van der Waals surface area contributed by atoms with E-state index in [1.807, 2.05) is 48.9 Å². The number of aliphatic imine (C=N–C) groups is 1. The van der Waals surface area contributed by atoms with E-state index in [-0.39, 0.29) is 0 Å². The summed E-state index contributed by atoms with van der Waals surface area (Å²) in [5, 5.41) is 7.89. The molecule has 1 aromatic heterocycles. The molecule has 2 aromatic rings. The Bertz CT molecular complexity index is 613. The minimum Gasteiger partial charge on any atom is -0.352 e. The molecular formula is C17H25N5. The first-order valence-corrected chi connectivity index (χ1v) is 7.61. The van der Waals surface area contributed by atoms with Crippen LogP contribution in [0.2, 0.25) is 0 Å². The number of guanidine groups is 1. The van der Waals surface area contributed by atoms with Gasteiger partial charge in [-0.2, -0.15) is 5.10 Å². The average molecular weight is 299 g/mol. The van der Waals surface area contributed by atoms with Crippen LogP contribution in [0.25, 0.3) is 0 Å². The Morgan fingerprint density at radius 1 is 1.27 bits per heavy atom. The van der Waals surface area contributed by atoms with Gasteiger partial charge in [0.25, 0.3) is 0 Å². The van der Waals surface area contributed by atoms with Gasteiger partial charge in [0.05, 0.1) is 12.2 Å². The first-order chi connectivity index (χ1) is 10.6. The van der Waals surface area contributed by atoms with Crippen molar-refractivity contribution in [2.75, 3.05) is 14.1 Å². The maximum atomic E-state index is 4.68. The lowest BCUT2D eigenvalue weighted by Gasteiger charge is -2.17. The van der Waals surface area contributed by atoms with Gasteiger partial charge in [-0.15, -0.1) is 0 Å². The normalized spacial score (nSPS) is 11.5. The molecule has 0 unspecified atom stereocenters. The van der Waals surface area contributed by atoms with Crippen LogP contribution in [0.1, 0.15) is 23.7 Å². The van der Waals surface area contributed by atoms with E-state index >= 15 is 0 Å². The zero-order valence-corrected chi connectivity index (χ0v) is 13.9. The molecule has 0 amide bonds. The van der Waals surface area contributed by atoms with Crippen molar-refractivity contribution in [2.24, 2.45) is 12.0 Å². The Morgan fingerprint density at radius 2 is 2.00 bits per heavy atom. The molecule has 5 heteroatoms. The molecule has 1 heterocycles. The summed E-state index contributed by atoms with van der Waals surface area (Å²) < 4.78 is 1.87. The molecule has 0 radical (unpaired) electrons. The maximum absolute atomic E-state index is 4.68. The second-order valence-electron chi connectivity index (χ2n) is 5.50. The molecule has 2 rings (SSSR count). The summed E-state index contributed by atoms with van der Waals surface area (Å²) in [7, 11) is 5.96. The fourth-order valence-electron chi connectivity index (χ4n) is 2.31. The Hall–Kier alpha value is -2.30. The molecule has 0 bridgehead atoms. The summed E-state index contributed by atoms with van der Waals surface area (Å²) in [6, 6.07) is 10.3. The number of rotatable bonds is 5. The Labute approximate surface area is 132 Å². The average Bonchev–Trinajstić information content (AvgIpc) is 2.88. The summed E-state index contributed by atoms with van der Waals surface area (Å²) >= 11 is 0. The third kappa shape index (κ3) is 4.35. The van der Waals surface area contributed by atoms with Crippen LogP contribution in [0.5, 0.6) is 0 Å². The van der Waals surface area contributed by atoms with Crippen LogP contribution in [-0.2, 0) is 26.6 Å². The fraction of sp³-hybridized carbons (Fsp3) is 0.412. The highest BCUT2D eigenvalue weighted by Crippen LogP contribution is 2.07. The zero-order valence-electron chi connectivity index (χ0n) is 13.9. The number of nitrogens with one attached hydrogen (secondary N) is 1. The van der Waals surface area contributed by atoms with Gasteiger partial charge < -0.3 is 10.2 Å². The molecule has 0 saturated carbocycles. The van der Waals surface area contributed by atoms with Gasteiger partial charge in [0.2, 0.25) is 0 Å². The van der Waals surface area contributed by atoms with E-state index in [2.05, 4.69) is 40.7 Å². The van der Waals surface area contributed by atoms with Crippen molar-refractivity contribution >= 4 is 5.96 Å². The Balaban J connectivity index is 2.02. The van der Waals surface area contributed by atoms with Crippen LogP contribution >= 0.6 is 0 Å². The number of benzene rings is 1. The highest BCUT2D eigenvalue weighted by Gasteiger charge is 2.08. The van der Waals surface area contributed by atoms with E-state index in [0.717, 1.165) is 24.6 Å². The molecule has 1 N–H and O–H groups in total. The smallest absolute Gasteiger partial charge is 0.194 e. The predicted molar refractivity (Wildman–Crippen MR) is 90.7 cm³/mol. The van der Waals surface area contributed by atoms with Crippen molar-refractivity contribution < 1.29 is 0 Å². The topological polar surface area (TPSA) is 45.5 Å². The largest absolute Gasteiger partial charge is 0.352 e. The maximum Gasteiger partial charge on any atom is 0.194 e. The molecule has 0 spiro atoms. The van der Waals surface area contributed by atoms with Crippen molar-refractivity contribution in [2.45, 2.75) is 26.4 Å². The number of aryl methyl sites for hydroxylation is 2. The van der Waals surface area contributed by atoms with Crippen LogP contribution in [0.3, 0.4) is 0 Å². The van der Waals surface area contributed by atoms with E-state index in [1.165, 1.54) is 11.1 Å². The van der Waals surface area contributed by atoms with E-state index < -0.39 is 0 Å². The minimum atomic E-state index is 0.676. The summed E-state index contributed by atoms with van der Waals surface area (Å²) in [6.45, 7) is 3.54. The minimum absolute atomic E-state index is 0.676. The monoisotopic (exact) mass is 299 g/mol. The van der Waals surface area contributed by atoms with Crippen LogP contribution in [0.15, 0.2) is 41.5 Å². The molecular weight excluding hydrogens is 274 g/mol. The van der Waals surface area contributed by atoms with E-state index in [0.29, 0.717) is 6.54 Å². The molecule has 0 fully saturated rings. The SMILES string of the molecule is CCc1nn(C)cc1CNC(=NCc1ccccc1)N(C)C. The van der Waals surface area contributed by atoms with Gasteiger partial charge in [0, 0.05) is 39.4 Å². The van der Waals surface area contributed by atoms with E-state index in [9.17, 15) is 0 Å². The van der Waals surface area contributed by atoms with Crippen molar-refractivity contribution in [1.29, 1.82) is 0 Å². The molecule has 0 atom stereocenters. The Kier molecular flexibility index (Phi) is 5.58. The van der Waals surface area contributed by atoms with Crippen LogP contribution < -0.4 is 5.32 Å². The van der Waals surface area contributed by atoms with Gasteiger partial charge in [0.15, 0.2) is 5.96 Å². The lowest BCUT2D eigenvalue weighted by atomic mass is 10.2. The fourth-order valence-corrected chi connectivity index (χ4v) is 2.31. The molecule has 0 aliphatic heterocycles. The molecule has 22 heavy (non-hydrogen) atoms. The van der Waals surface area contributed by atoms with Gasteiger partial charge in [0.1, 0.15) is 0 Å². The number of nitrogens with zero attached hydrogens (tertiary/aromatic N) is 4. The van der Waals surface area contributed by atoms with Crippen molar-refractivity contribution in [3.63, 3.8) is 0 Å². The highest BCUT2D eigenvalue weighted by molar-refractivity contribution is 5.79. The van der Waals surface area contributed by atoms with Crippen molar-refractivity contribution in [3.05, 3.63) is 53.3 Å². The summed E-state index contributed by atoms with van der Waals surface area (Å²) in [6.07, 6.45) is 3.01. The summed E-state index contributed by atoms with van der Waals surface area (Å²) in [4.78, 5) is 6.68. The third-order valence-electron chi connectivity index (χ3n) is 3.44. The lowest BCUT2D eigenvalue weighted by molar-refractivity contribution is 0.578.